The molecule has 0 bridgehead atoms. The van der Waals surface area contributed by atoms with Crippen LogP contribution in [-0.2, 0) is 6.54 Å². The molecule has 2 heterocycles. The van der Waals surface area contributed by atoms with Gasteiger partial charge in [0.05, 0.1) is 18.1 Å². The Hall–Kier alpha value is -1.88. The summed E-state index contributed by atoms with van der Waals surface area (Å²) >= 11 is 0. The lowest BCUT2D eigenvalue weighted by Gasteiger charge is -2.09. The Labute approximate surface area is 120 Å². The smallest absolute Gasteiger partial charge is 0.165 e. The van der Waals surface area contributed by atoms with Gasteiger partial charge in [-0.3, -0.25) is 9.67 Å². The predicted octanol–water partition coefficient (Wildman–Crippen LogP) is 3.15. The Morgan fingerprint density at radius 3 is 2.70 bits per heavy atom. The fourth-order valence-electron chi connectivity index (χ4n) is 1.72. The van der Waals surface area contributed by atoms with Crippen molar-refractivity contribution in [2.24, 2.45) is 0 Å². The highest BCUT2D eigenvalue weighted by molar-refractivity contribution is 5.28. The van der Waals surface area contributed by atoms with Gasteiger partial charge in [0, 0.05) is 30.9 Å². The molecule has 0 atom stereocenters. The molecule has 0 aliphatic carbocycles. The van der Waals surface area contributed by atoms with E-state index in [4.69, 9.17) is 4.74 Å². The minimum Gasteiger partial charge on any atom is -0.454 e. The van der Waals surface area contributed by atoms with Gasteiger partial charge in [-0.2, -0.15) is 5.10 Å². The minimum atomic E-state index is 0.329. The number of rotatable bonds is 6. The molecule has 5 heteroatoms. The molecule has 0 aliphatic rings. The first-order chi connectivity index (χ1) is 9.54. The minimum absolute atomic E-state index is 0.329. The topological polar surface area (TPSA) is 52.0 Å². The third-order valence-corrected chi connectivity index (χ3v) is 2.82. The monoisotopic (exact) mass is 274 g/mol. The molecule has 0 spiro atoms. The Morgan fingerprint density at radius 1 is 1.25 bits per heavy atom. The van der Waals surface area contributed by atoms with Gasteiger partial charge in [0.15, 0.2) is 5.75 Å². The summed E-state index contributed by atoms with van der Waals surface area (Å²) in [7, 11) is 0. The lowest BCUT2D eigenvalue weighted by atomic mass is 10.3. The van der Waals surface area contributed by atoms with Crippen molar-refractivity contribution in [2.75, 3.05) is 0 Å². The van der Waals surface area contributed by atoms with Crippen LogP contribution in [0.2, 0.25) is 0 Å². The maximum absolute atomic E-state index is 5.81. The number of pyridine rings is 1. The molecule has 2 aromatic heterocycles. The molecule has 108 valence electrons. The van der Waals surface area contributed by atoms with Gasteiger partial charge in [-0.05, 0) is 19.9 Å². The van der Waals surface area contributed by atoms with Crippen LogP contribution in [0, 0.1) is 0 Å². The zero-order valence-electron chi connectivity index (χ0n) is 12.5. The average Bonchev–Trinajstić information content (AvgIpc) is 2.85. The van der Waals surface area contributed by atoms with Gasteiger partial charge >= 0.3 is 0 Å². The van der Waals surface area contributed by atoms with Gasteiger partial charge in [0.2, 0.25) is 0 Å². The highest BCUT2D eigenvalue weighted by atomic mass is 16.5. The van der Waals surface area contributed by atoms with E-state index >= 15 is 0 Å². The first kappa shape index (κ1) is 14.5. The van der Waals surface area contributed by atoms with E-state index in [-0.39, 0.29) is 0 Å². The summed E-state index contributed by atoms with van der Waals surface area (Å²) in [5.41, 5.74) is 0.965. The van der Waals surface area contributed by atoms with E-state index in [0.717, 1.165) is 23.7 Å². The third-order valence-electron chi connectivity index (χ3n) is 2.82. The molecule has 20 heavy (non-hydrogen) atoms. The van der Waals surface area contributed by atoms with Crippen LogP contribution in [0.1, 0.15) is 39.4 Å². The van der Waals surface area contributed by atoms with Crippen molar-refractivity contribution in [1.29, 1.82) is 0 Å². The second kappa shape index (κ2) is 6.52. The Morgan fingerprint density at radius 2 is 2.05 bits per heavy atom. The number of hydrogen-bond donors (Lipinski definition) is 1. The maximum atomic E-state index is 5.81. The second-order valence-corrected chi connectivity index (χ2v) is 5.37. The zero-order chi connectivity index (χ0) is 14.5. The molecule has 0 saturated carbocycles. The molecule has 0 aliphatic heterocycles. The standard InChI is InChI=1S/C15H22N4O/c1-11(2)17-8-13-7-14(5-6-16-13)20-15-9-18-19(10-15)12(3)4/h5-7,9-12,17H,8H2,1-4H3. The van der Waals surface area contributed by atoms with Crippen molar-refractivity contribution >= 4 is 0 Å². The summed E-state index contributed by atoms with van der Waals surface area (Å²) in [5.74, 6) is 1.52. The highest BCUT2D eigenvalue weighted by Gasteiger charge is 2.05. The van der Waals surface area contributed by atoms with Crippen LogP contribution < -0.4 is 10.1 Å². The van der Waals surface area contributed by atoms with Crippen molar-refractivity contribution in [3.05, 3.63) is 36.4 Å². The summed E-state index contributed by atoms with van der Waals surface area (Å²) in [6.45, 7) is 9.12. The van der Waals surface area contributed by atoms with Gasteiger partial charge in [-0.25, -0.2) is 0 Å². The molecule has 2 rings (SSSR count). The number of aromatic nitrogens is 3. The fraction of sp³-hybridized carbons (Fsp3) is 0.467. The zero-order valence-corrected chi connectivity index (χ0v) is 12.5. The summed E-state index contributed by atoms with van der Waals surface area (Å²) in [4.78, 5) is 4.32. The summed E-state index contributed by atoms with van der Waals surface area (Å²) < 4.78 is 7.68. The summed E-state index contributed by atoms with van der Waals surface area (Å²) in [5, 5.41) is 7.59. The number of ether oxygens (including phenoxy) is 1. The van der Waals surface area contributed by atoms with Crippen LogP contribution in [0.25, 0.3) is 0 Å². The molecule has 0 saturated heterocycles. The lowest BCUT2D eigenvalue weighted by Crippen LogP contribution is -2.22. The van der Waals surface area contributed by atoms with Crippen molar-refractivity contribution in [1.82, 2.24) is 20.1 Å². The lowest BCUT2D eigenvalue weighted by molar-refractivity contribution is 0.474. The summed E-state index contributed by atoms with van der Waals surface area (Å²) in [6.07, 6.45) is 5.39. The average molecular weight is 274 g/mol. The molecule has 0 fully saturated rings. The number of nitrogens with one attached hydrogen (secondary N) is 1. The maximum Gasteiger partial charge on any atom is 0.165 e. The highest BCUT2D eigenvalue weighted by Crippen LogP contribution is 2.21. The normalized spacial score (nSPS) is 11.3. The van der Waals surface area contributed by atoms with E-state index in [1.807, 2.05) is 23.0 Å². The van der Waals surface area contributed by atoms with Crippen LogP contribution in [-0.4, -0.2) is 20.8 Å². The SMILES string of the molecule is CC(C)NCc1cc(Oc2cnn(C(C)C)c2)ccn1. The van der Waals surface area contributed by atoms with Gasteiger partial charge in [0.1, 0.15) is 5.75 Å². The first-order valence-electron chi connectivity index (χ1n) is 6.95. The molecule has 0 unspecified atom stereocenters. The molecule has 1 N–H and O–H groups in total. The third kappa shape index (κ3) is 4.06. The van der Waals surface area contributed by atoms with Gasteiger partial charge < -0.3 is 10.1 Å². The Balaban J connectivity index is 2.03. The van der Waals surface area contributed by atoms with Gasteiger partial charge in [-0.1, -0.05) is 13.8 Å². The van der Waals surface area contributed by atoms with Crippen molar-refractivity contribution in [2.45, 2.75) is 46.3 Å². The summed E-state index contributed by atoms with van der Waals surface area (Å²) in [6, 6.07) is 4.56. The Bertz CT molecular complexity index is 548. The molecular weight excluding hydrogens is 252 g/mol. The number of nitrogens with zero attached hydrogens (tertiary/aromatic N) is 3. The van der Waals surface area contributed by atoms with E-state index in [0.29, 0.717) is 12.1 Å². The van der Waals surface area contributed by atoms with Crippen LogP contribution >= 0.6 is 0 Å². The molecule has 0 aromatic carbocycles. The van der Waals surface area contributed by atoms with E-state index in [9.17, 15) is 0 Å². The van der Waals surface area contributed by atoms with Crippen molar-refractivity contribution in [3.8, 4) is 11.5 Å². The van der Waals surface area contributed by atoms with Crippen LogP contribution in [0.15, 0.2) is 30.7 Å². The molecule has 0 amide bonds. The van der Waals surface area contributed by atoms with Crippen LogP contribution in [0.5, 0.6) is 11.5 Å². The quantitative estimate of drug-likeness (QED) is 0.879. The van der Waals surface area contributed by atoms with Crippen molar-refractivity contribution < 1.29 is 4.74 Å². The first-order valence-corrected chi connectivity index (χ1v) is 6.95. The van der Waals surface area contributed by atoms with Gasteiger partial charge in [0.25, 0.3) is 0 Å². The molecule has 0 radical (unpaired) electrons. The van der Waals surface area contributed by atoms with Crippen LogP contribution in [0.4, 0.5) is 0 Å². The van der Waals surface area contributed by atoms with E-state index < -0.39 is 0 Å². The van der Waals surface area contributed by atoms with Gasteiger partial charge in [-0.15, -0.1) is 0 Å². The van der Waals surface area contributed by atoms with Crippen LogP contribution in [0.3, 0.4) is 0 Å². The second-order valence-electron chi connectivity index (χ2n) is 5.37. The number of hydrogen-bond acceptors (Lipinski definition) is 4. The molecule has 2 aromatic rings. The van der Waals surface area contributed by atoms with E-state index in [2.05, 4.69) is 43.1 Å². The predicted molar refractivity (Wildman–Crippen MR) is 78.9 cm³/mol. The van der Waals surface area contributed by atoms with E-state index in [1.165, 1.54) is 0 Å². The fourth-order valence-corrected chi connectivity index (χ4v) is 1.72. The largest absolute Gasteiger partial charge is 0.454 e. The van der Waals surface area contributed by atoms with Crippen molar-refractivity contribution in [3.63, 3.8) is 0 Å². The molecular formula is C15H22N4O. The molecule has 5 nitrogen and oxygen atoms in total. The van der Waals surface area contributed by atoms with E-state index in [1.54, 1.807) is 12.4 Å². The Kier molecular flexibility index (Phi) is 4.74.